The lowest BCUT2D eigenvalue weighted by molar-refractivity contribution is 0.0731. The van der Waals surface area contributed by atoms with Crippen LogP contribution in [0.4, 0.5) is 5.69 Å². The van der Waals surface area contributed by atoms with Gasteiger partial charge in [0.05, 0.1) is 13.2 Å². The largest absolute Gasteiger partial charge is 0.383 e. The van der Waals surface area contributed by atoms with Gasteiger partial charge in [0, 0.05) is 29.2 Å². The van der Waals surface area contributed by atoms with E-state index in [1.54, 1.807) is 11.8 Å². The molecular weight excluding hydrogens is 244 g/mol. The molecule has 1 aliphatic heterocycles. The zero-order valence-corrected chi connectivity index (χ0v) is 11.9. The number of ether oxygens (including phenoxy) is 1. The van der Waals surface area contributed by atoms with Crippen molar-refractivity contribution in [3.63, 3.8) is 0 Å². The Balaban J connectivity index is 1.80. The third kappa shape index (κ3) is 4.19. The molecule has 0 spiro atoms. The van der Waals surface area contributed by atoms with E-state index in [1.807, 2.05) is 0 Å². The average molecular weight is 266 g/mol. The fraction of sp³-hybridized carbons (Fsp3) is 0.571. The first-order valence-corrected chi connectivity index (χ1v) is 7.72. The predicted octanol–water partition coefficient (Wildman–Crippen LogP) is 2.59. The van der Waals surface area contributed by atoms with Crippen molar-refractivity contribution in [3.05, 3.63) is 24.3 Å². The van der Waals surface area contributed by atoms with Gasteiger partial charge in [0.15, 0.2) is 0 Å². The van der Waals surface area contributed by atoms with E-state index in [1.165, 1.54) is 10.6 Å². The summed E-state index contributed by atoms with van der Waals surface area (Å²) in [6.07, 6.45) is 3.18. The quantitative estimate of drug-likeness (QED) is 0.803. The molecule has 18 heavy (non-hydrogen) atoms. The van der Waals surface area contributed by atoms with Crippen LogP contribution >= 0.6 is 11.8 Å². The fourth-order valence-electron chi connectivity index (χ4n) is 2.23. The minimum Gasteiger partial charge on any atom is -0.383 e. The summed E-state index contributed by atoms with van der Waals surface area (Å²) in [6.45, 7) is 4.87. The summed E-state index contributed by atoms with van der Waals surface area (Å²) < 4.78 is 5.47. The van der Waals surface area contributed by atoms with Gasteiger partial charge in [-0.3, -0.25) is 0 Å². The lowest BCUT2D eigenvalue weighted by Gasteiger charge is -2.27. The molecule has 0 radical (unpaired) electrons. The first-order valence-electron chi connectivity index (χ1n) is 6.49. The van der Waals surface area contributed by atoms with Crippen molar-refractivity contribution < 1.29 is 4.74 Å². The maximum atomic E-state index is 5.47. The second kappa shape index (κ2) is 7.02. The van der Waals surface area contributed by atoms with E-state index in [2.05, 4.69) is 48.1 Å². The number of nitrogens with one attached hydrogen (secondary N) is 2. The van der Waals surface area contributed by atoms with Crippen molar-refractivity contribution in [1.82, 2.24) is 5.32 Å². The van der Waals surface area contributed by atoms with Crippen LogP contribution in [-0.2, 0) is 4.74 Å². The summed E-state index contributed by atoms with van der Waals surface area (Å²) >= 11 is 1.77. The first kappa shape index (κ1) is 13.7. The van der Waals surface area contributed by atoms with Gasteiger partial charge in [-0.15, -0.1) is 11.8 Å². The summed E-state index contributed by atoms with van der Waals surface area (Å²) in [5, 5.41) is 7.02. The molecule has 1 saturated heterocycles. The van der Waals surface area contributed by atoms with Crippen LogP contribution < -0.4 is 10.6 Å². The summed E-state index contributed by atoms with van der Waals surface area (Å²) in [5.74, 6) is 0. The standard InChI is InChI=1S/C14H22N2OS/c1-11(9-13-10-17-8-7-15-13)16-12-3-5-14(18-2)6-4-12/h3-6,11,13,15-16H,7-10H2,1-2H3. The molecule has 2 atom stereocenters. The molecule has 4 heteroatoms. The molecule has 1 fully saturated rings. The van der Waals surface area contributed by atoms with Crippen molar-refractivity contribution in [2.24, 2.45) is 0 Å². The topological polar surface area (TPSA) is 33.3 Å². The summed E-state index contributed by atoms with van der Waals surface area (Å²) in [4.78, 5) is 1.30. The highest BCUT2D eigenvalue weighted by atomic mass is 32.2. The molecule has 2 unspecified atom stereocenters. The molecule has 3 nitrogen and oxygen atoms in total. The molecule has 0 amide bonds. The highest BCUT2D eigenvalue weighted by Gasteiger charge is 2.15. The van der Waals surface area contributed by atoms with E-state index >= 15 is 0 Å². The third-order valence-electron chi connectivity index (χ3n) is 3.14. The fourth-order valence-corrected chi connectivity index (χ4v) is 2.64. The monoisotopic (exact) mass is 266 g/mol. The van der Waals surface area contributed by atoms with Gasteiger partial charge < -0.3 is 15.4 Å². The van der Waals surface area contributed by atoms with Gasteiger partial charge in [-0.05, 0) is 43.9 Å². The van der Waals surface area contributed by atoms with Crippen LogP contribution in [0.3, 0.4) is 0 Å². The van der Waals surface area contributed by atoms with Crippen LogP contribution in [0, 0.1) is 0 Å². The molecule has 0 saturated carbocycles. The second-order valence-corrected chi connectivity index (χ2v) is 5.62. The Kier molecular flexibility index (Phi) is 5.35. The van der Waals surface area contributed by atoms with Crippen molar-refractivity contribution >= 4 is 17.4 Å². The molecule has 100 valence electrons. The van der Waals surface area contributed by atoms with Gasteiger partial charge in [-0.2, -0.15) is 0 Å². The number of morpholine rings is 1. The van der Waals surface area contributed by atoms with Crippen molar-refractivity contribution in [3.8, 4) is 0 Å². The average Bonchev–Trinajstić information content (AvgIpc) is 2.40. The number of thioether (sulfide) groups is 1. The zero-order chi connectivity index (χ0) is 12.8. The van der Waals surface area contributed by atoms with E-state index in [9.17, 15) is 0 Å². The smallest absolute Gasteiger partial charge is 0.0621 e. The second-order valence-electron chi connectivity index (χ2n) is 4.74. The summed E-state index contributed by atoms with van der Waals surface area (Å²) in [5.41, 5.74) is 1.19. The van der Waals surface area contributed by atoms with E-state index in [0.29, 0.717) is 12.1 Å². The molecule has 1 aliphatic rings. The Morgan fingerprint density at radius 2 is 2.22 bits per heavy atom. The summed E-state index contributed by atoms with van der Waals surface area (Å²) in [7, 11) is 0. The number of rotatable bonds is 5. The van der Waals surface area contributed by atoms with Crippen LogP contribution in [0.1, 0.15) is 13.3 Å². The maximum absolute atomic E-state index is 5.47. The Morgan fingerprint density at radius 1 is 1.44 bits per heavy atom. The van der Waals surface area contributed by atoms with Crippen molar-refractivity contribution in [2.75, 3.05) is 31.3 Å². The van der Waals surface area contributed by atoms with Gasteiger partial charge in [-0.25, -0.2) is 0 Å². The Labute approximate surface area is 114 Å². The van der Waals surface area contributed by atoms with E-state index in [-0.39, 0.29) is 0 Å². The van der Waals surface area contributed by atoms with E-state index in [4.69, 9.17) is 4.74 Å². The highest BCUT2D eigenvalue weighted by Crippen LogP contribution is 2.18. The third-order valence-corrected chi connectivity index (χ3v) is 3.88. The predicted molar refractivity (Wildman–Crippen MR) is 78.5 cm³/mol. The molecule has 1 aromatic rings. The first-order chi connectivity index (χ1) is 8.78. The van der Waals surface area contributed by atoms with Crippen LogP contribution in [0.2, 0.25) is 0 Å². The molecule has 2 N–H and O–H groups in total. The Morgan fingerprint density at radius 3 is 2.83 bits per heavy atom. The molecule has 0 bridgehead atoms. The van der Waals surface area contributed by atoms with Gasteiger partial charge in [0.2, 0.25) is 0 Å². The Hall–Kier alpha value is -0.710. The Bertz CT molecular complexity index is 349. The lowest BCUT2D eigenvalue weighted by atomic mass is 10.1. The highest BCUT2D eigenvalue weighted by molar-refractivity contribution is 7.98. The van der Waals surface area contributed by atoms with E-state index < -0.39 is 0 Å². The number of anilines is 1. The summed E-state index contributed by atoms with van der Waals surface area (Å²) in [6, 6.07) is 9.53. The minimum absolute atomic E-state index is 0.448. The number of hydrogen-bond acceptors (Lipinski definition) is 4. The van der Waals surface area contributed by atoms with Crippen LogP contribution in [0.15, 0.2) is 29.2 Å². The minimum atomic E-state index is 0.448. The molecule has 1 heterocycles. The lowest BCUT2D eigenvalue weighted by Crippen LogP contribution is -2.43. The zero-order valence-electron chi connectivity index (χ0n) is 11.1. The van der Waals surface area contributed by atoms with Gasteiger partial charge >= 0.3 is 0 Å². The molecular formula is C14H22N2OS. The number of benzene rings is 1. The van der Waals surface area contributed by atoms with Crippen LogP contribution in [-0.4, -0.2) is 38.1 Å². The van der Waals surface area contributed by atoms with Crippen molar-refractivity contribution in [1.29, 1.82) is 0 Å². The maximum Gasteiger partial charge on any atom is 0.0621 e. The number of hydrogen-bond donors (Lipinski definition) is 2. The SMILES string of the molecule is CSc1ccc(NC(C)CC2COCCN2)cc1. The van der Waals surface area contributed by atoms with Crippen LogP contribution in [0.25, 0.3) is 0 Å². The van der Waals surface area contributed by atoms with Gasteiger partial charge in [0.25, 0.3) is 0 Å². The molecule has 2 rings (SSSR count). The molecule has 0 aromatic heterocycles. The van der Waals surface area contributed by atoms with Gasteiger partial charge in [-0.1, -0.05) is 0 Å². The molecule has 1 aromatic carbocycles. The van der Waals surface area contributed by atoms with Crippen LogP contribution in [0.5, 0.6) is 0 Å². The normalized spacial score (nSPS) is 21.6. The van der Waals surface area contributed by atoms with E-state index in [0.717, 1.165) is 26.2 Å². The van der Waals surface area contributed by atoms with Crippen molar-refractivity contribution in [2.45, 2.75) is 30.3 Å². The molecule has 0 aliphatic carbocycles. The van der Waals surface area contributed by atoms with Gasteiger partial charge in [0.1, 0.15) is 0 Å².